The predicted octanol–water partition coefficient (Wildman–Crippen LogP) is 4.23. The Bertz CT molecular complexity index is 1370. The van der Waals surface area contributed by atoms with Gasteiger partial charge >= 0.3 is 6.18 Å². The zero-order chi connectivity index (χ0) is 25.9. The number of nitrogens with one attached hydrogen (secondary N) is 1. The van der Waals surface area contributed by atoms with E-state index in [1.165, 1.54) is 19.2 Å². The Morgan fingerprint density at radius 3 is 2.53 bits per heavy atom. The van der Waals surface area contributed by atoms with Crippen LogP contribution < -0.4 is 15.8 Å². The number of hydrogen-bond acceptors (Lipinski definition) is 7. The summed E-state index contributed by atoms with van der Waals surface area (Å²) in [4.78, 5) is 21.2. The van der Waals surface area contributed by atoms with E-state index >= 15 is 0 Å². The zero-order valence-corrected chi connectivity index (χ0v) is 19.2. The SMILES string of the molecule is COc1ccc(-c2nc(C(=O)N[C@H](CCO)c3ccccc3)c(CN)o2)c2ccc(C(F)(F)F)nc12. The molecule has 2 aromatic carbocycles. The molecular formula is C25H23F3N4O4. The lowest BCUT2D eigenvalue weighted by molar-refractivity contribution is -0.140. The molecule has 188 valence electrons. The number of amides is 1. The second-order valence-electron chi connectivity index (χ2n) is 7.85. The molecule has 2 aromatic heterocycles. The topological polar surface area (TPSA) is 124 Å². The fraction of sp³-hybridized carbons (Fsp3) is 0.240. The molecule has 0 aliphatic heterocycles. The quantitative estimate of drug-likeness (QED) is 0.331. The van der Waals surface area contributed by atoms with E-state index in [4.69, 9.17) is 14.9 Å². The number of aromatic nitrogens is 2. The Kier molecular flexibility index (Phi) is 7.22. The Morgan fingerprint density at radius 2 is 1.89 bits per heavy atom. The smallest absolute Gasteiger partial charge is 0.433 e. The second-order valence-corrected chi connectivity index (χ2v) is 7.85. The lowest BCUT2D eigenvalue weighted by atomic mass is 10.0. The van der Waals surface area contributed by atoms with Crippen molar-refractivity contribution in [1.82, 2.24) is 15.3 Å². The fourth-order valence-corrected chi connectivity index (χ4v) is 3.85. The summed E-state index contributed by atoms with van der Waals surface area (Å²) in [5, 5.41) is 12.6. The monoisotopic (exact) mass is 500 g/mol. The highest BCUT2D eigenvalue weighted by atomic mass is 19.4. The molecule has 0 bridgehead atoms. The third-order valence-corrected chi connectivity index (χ3v) is 5.58. The van der Waals surface area contributed by atoms with Crippen LogP contribution in [0, 0.1) is 0 Å². The van der Waals surface area contributed by atoms with Crippen LogP contribution in [-0.4, -0.2) is 34.7 Å². The normalized spacial score (nSPS) is 12.5. The molecule has 0 spiro atoms. The molecular weight excluding hydrogens is 477 g/mol. The van der Waals surface area contributed by atoms with Crippen LogP contribution in [0.2, 0.25) is 0 Å². The highest BCUT2D eigenvalue weighted by Gasteiger charge is 2.33. The fourth-order valence-electron chi connectivity index (χ4n) is 3.85. The molecule has 0 aliphatic rings. The highest BCUT2D eigenvalue weighted by Crippen LogP contribution is 2.37. The number of fused-ring (bicyclic) bond motifs is 1. The molecule has 1 atom stereocenters. The van der Waals surface area contributed by atoms with Gasteiger partial charge in [-0.1, -0.05) is 30.3 Å². The van der Waals surface area contributed by atoms with Crippen molar-refractivity contribution in [2.75, 3.05) is 13.7 Å². The van der Waals surface area contributed by atoms with E-state index in [2.05, 4.69) is 15.3 Å². The number of benzene rings is 2. The van der Waals surface area contributed by atoms with Crippen LogP contribution in [-0.2, 0) is 12.7 Å². The Balaban J connectivity index is 1.74. The average molecular weight is 500 g/mol. The van der Waals surface area contributed by atoms with Crippen molar-refractivity contribution in [2.45, 2.75) is 25.2 Å². The first-order valence-electron chi connectivity index (χ1n) is 11.0. The van der Waals surface area contributed by atoms with Gasteiger partial charge in [0.25, 0.3) is 5.91 Å². The van der Waals surface area contributed by atoms with Crippen molar-refractivity contribution in [1.29, 1.82) is 0 Å². The number of ether oxygens (including phenoxy) is 1. The van der Waals surface area contributed by atoms with Crippen LogP contribution in [0.4, 0.5) is 13.2 Å². The van der Waals surface area contributed by atoms with E-state index in [0.717, 1.165) is 11.6 Å². The number of nitrogens with two attached hydrogens (primary N) is 1. The number of carbonyl (C=O) groups excluding carboxylic acids is 1. The summed E-state index contributed by atoms with van der Waals surface area (Å²) < 4.78 is 50.7. The molecule has 4 rings (SSSR count). The van der Waals surface area contributed by atoms with Gasteiger partial charge < -0.3 is 25.3 Å². The van der Waals surface area contributed by atoms with Crippen molar-refractivity contribution in [3.05, 3.63) is 77.3 Å². The van der Waals surface area contributed by atoms with Crippen molar-refractivity contribution >= 4 is 16.8 Å². The van der Waals surface area contributed by atoms with Crippen LogP contribution >= 0.6 is 0 Å². The van der Waals surface area contributed by atoms with Crippen LogP contribution in [0.15, 0.2) is 59.0 Å². The number of hydrogen-bond donors (Lipinski definition) is 3. The number of alkyl halides is 3. The molecule has 0 fully saturated rings. The summed E-state index contributed by atoms with van der Waals surface area (Å²) in [5.41, 5.74) is 5.74. The maximum atomic E-state index is 13.2. The van der Waals surface area contributed by atoms with E-state index in [1.807, 2.05) is 30.3 Å². The van der Waals surface area contributed by atoms with Crippen molar-refractivity contribution in [3.8, 4) is 17.2 Å². The summed E-state index contributed by atoms with van der Waals surface area (Å²) in [6.45, 7) is -0.297. The van der Waals surface area contributed by atoms with Crippen LogP contribution in [0.1, 0.15) is 40.0 Å². The van der Waals surface area contributed by atoms with E-state index in [1.54, 1.807) is 6.07 Å². The maximum Gasteiger partial charge on any atom is 0.433 e. The van der Waals surface area contributed by atoms with Gasteiger partial charge in [0.2, 0.25) is 5.89 Å². The number of rotatable bonds is 8. The average Bonchev–Trinajstić information content (AvgIpc) is 3.32. The number of methoxy groups -OCH3 is 1. The van der Waals surface area contributed by atoms with E-state index in [0.29, 0.717) is 10.9 Å². The van der Waals surface area contributed by atoms with Crippen LogP contribution in [0.5, 0.6) is 5.75 Å². The molecule has 4 aromatic rings. The van der Waals surface area contributed by atoms with Crippen molar-refractivity contribution in [2.24, 2.45) is 5.73 Å². The summed E-state index contributed by atoms with van der Waals surface area (Å²) in [6, 6.07) is 13.7. The molecule has 11 heteroatoms. The molecule has 0 saturated heterocycles. The van der Waals surface area contributed by atoms with Gasteiger partial charge in [-0.2, -0.15) is 13.2 Å². The standard InChI is InChI=1S/C25H23F3N4O4/c1-35-18-9-7-16(15-8-10-20(25(26,27)28)31-21(15)18)24-32-22(19(13-29)36-24)23(34)30-17(11-12-33)14-5-3-2-4-6-14/h2-10,17,33H,11-13,29H2,1H3,(H,30,34)/t17-/m1/s1. The number of aliphatic hydroxyl groups is 1. The highest BCUT2D eigenvalue weighted by molar-refractivity contribution is 5.98. The second kappa shape index (κ2) is 10.3. The molecule has 8 nitrogen and oxygen atoms in total. The number of pyridine rings is 1. The minimum Gasteiger partial charge on any atom is -0.494 e. The number of aliphatic hydroxyl groups excluding tert-OH is 1. The lowest BCUT2D eigenvalue weighted by Crippen LogP contribution is -2.30. The largest absolute Gasteiger partial charge is 0.494 e. The van der Waals surface area contributed by atoms with Crippen LogP contribution in [0.25, 0.3) is 22.4 Å². The Labute approximate surface area is 203 Å². The van der Waals surface area contributed by atoms with E-state index in [-0.39, 0.29) is 48.2 Å². The van der Waals surface area contributed by atoms with Gasteiger partial charge in [0.15, 0.2) is 11.5 Å². The van der Waals surface area contributed by atoms with Gasteiger partial charge in [-0.05, 0) is 36.2 Å². The molecule has 4 N–H and O–H groups in total. The first-order valence-corrected chi connectivity index (χ1v) is 11.0. The Morgan fingerprint density at radius 1 is 1.14 bits per heavy atom. The Hall–Kier alpha value is -3.96. The van der Waals surface area contributed by atoms with Gasteiger partial charge in [-0.15, -0.1) is 0 Å². The molecule has 0 radical (unpaired) electrons. The summed E-state index contributed by atoms with van der Waals surface area (Å²) in [7, 11) is 1.33. The molecule has 0 saturated carbocycles. The van der Waals surface area contributed by atoms with Gasteiger partial charge in [0, 0.05) is 17.6 Å². The number of nitrogens with zero attached hydrogens (tertiary/aromatic N) is 2. The third kappa shape index (κ3) is 5.02. The first kappa shape index (κ1) is 25.1. The summed E-state index contributed by atoms with van der Waals surface area (Å²) >= 11 is 0. The lowest BCUT2D eigenvalue weighted by Gasteiger charge is -2.17. The molecule has 36 heavy (non-hydrogen) atoms. The van der Waals surface area contributed by atoms with Gasteiger partial charge in [-0.3, -0.25) is 4.79 Å². The first-order chi connectivity index (χ1) is 17.3. The van der Waals surface area contributed by atoms with E-state index in [9.17, 15) is 23.1 Å². The maximum absolute atomic E-state index is 13.2. The third-order valence-electron chi connectivity index (χ3n) is 5.58. The minimum absolute atomic E-state index is 0.00627. The number of oxazole rings is 1. The van der Waals surface area contributed by atoms with Crippen molar-refractivity contribution < 1.29 is 32.2 Å². The zero-order valence-electron chi connectivity index (χ0n) is 19.2. The van der Waals surface area contributed by atoms with Crippen LogP contribution in [0.3, 0.4) is 0 Å². The van der Waals surface area contributed by atoms with Gasteiger partial charge in [-0.25, -0.2) is 9.97 Å². The predicted molar refractivity (Wildman–Crippen MR) is 125 cm³/mol. The molecule has 1 amide bonds. The summed E-state index contributed by atoms with van der Waals surface area (Å²) in [6.07, 6.45) is -4.37. The van der Waals surface area contributed by atoms with E-state index < -0.39 is 23.8 Å². The van der Waals surface area contributed by atoms with Gasteiger partial charge in [0.05, 0.1) is 19.7 Å². The van der Waals surface area contributed by atoms with Gasteiger partial charge in [0.1, 0.15) is 17.0 Å². The molecule has 0 unspecified atom stereocenters. The minimum atomic E-state index is -4.64. The van der Waals surface area contributed by atoms with Crippen molar-refractivity contribution in [3.63, 3.8) is 0 Å². The summed E-state index contributed by atoms with van der Waals surface area (Å²) in [5.74, 6) is -0.337. The number of carbonyl (C=O) groups is 1. The molecule has 0 aliphatic carbocycles. The molecule has 2 heterocycles. The number of halogens is 3.